The van der Waals surface area contributed by atoms with E-state index >= 15 is 0 Å². The first-order valence-corrected chi connectivity index (χ1v) is 4.92. The minimum atomic E-state index is -1.45. The van der Waals surface area contributed by atoms with Crippen molar-refractivity contribution in [3.05, 3.63) is 47.5 Å². The molecule has 90 valence electrons. The Balaban J connectivity index is 2.09. The maximum Gasteiger partial charge on any atom is 0.194 e. The van der Waals surface area contributed by atoms with Crippen molar-refractivity contribution >= 4 is 5.69 Å². The lowest BCUT2D eigenvalue weighted by atomic mass is 10.2. The third-order valence-corrected chi connectivity index (χ3v) is 2.25. The Hall–Kier alpha value is -1.98. The molecule has 0 aliphatic heterocycles. The zero-order valence-electron chi connectivity index (χ0n) is 9.04. The fraction of sp³-hybridized carbons (Fsp3) is 0.182. The van der Waals surface area contributed by atoms with E-state index in [9.17, 15) is 13.2 Å². The highest BCUT2D eigenvalue weighted by Crippen LogP contribution is 2.15. The number of aryl methyl sites for hydroxylation is 1. The number of benzene rings is 1. The Kier molecular flexibility index (Phi) is 3.03. The van der Waals surface area contributed by atoms with E-state index in [1.54, 1.807) is 24.1 Å². The van der Waals surface area contributed by atoms with Crippen LogP contribution in [0.4, 0.5) is 18.9 Å². The molecule has 0 unspecified atom stereocenters. The van der Waals surface area contributed by atoms with Crippen molar-refractivity contribution in [2.45, 2.75) is 6.54 Å². The molecule has 0 saturated heterocycles. The van der Waals surface area contributed by atoms with E-state index in [4.69, 9.17) is 0 Å². The van der Waals surface area contributed by atoms with Gasteiger partial charge in [-0.2, -0.15) is 5.10 Å². The van der Waals surface area contributed by atoms with Gasteiger partial charge in [0.15, 0.2) is 17.5 Å². The molecule has 3 nitrogen and oxygen atoms in total. The van der Waals surface area contributed by atoms with Gasteiger partial charge in [0.1, 0.15) is 0 Å². The normalized spacial score (nSPS) is 10.6. The van der Waals surface area contributed by atoms with Gasteiger partial charge in [0.05, 0.1) is 11.9 Å². The SMILES string of the molecule is Cn1cc(NCc2cc(F)c(F)c(F)c2)cn1. The number of rotatable bonds is 3. The molecule has 2 rings (SSSR count). The monoisotopic (exact) mass is 241 g/mol. The highest BCUT2D eigenvalue weighted by atomic mass is 19.2. The molecule has 0 atom stereocenters. The molecule has 0 aliphatic rings. The molecule has 6 heteroatoms. The molecule has 1 N–H and O–H groups in total. The molecule has 0 amide bonds. The van der Waals surface area contributed by atoms with E-state index in [1.807, 2.05) is 0 Å². The topological polar surface area (TPSA) is 29.9 Å². The molecule has 1 aromatic carbocycles. The predicted octanol–water partition coefficient (Wildman–Crippen LogP) is 2.45. The van der Waals surface area contributed by atoms with Crippen LogP contribution in [0.1, 0.15) is 5.56 Å². The average Bonchev–Trinajstić information content (AvgIpc) is 2.69. The van der Waals surface area contributed by atoms with E-state index in [2.05, 4.69) is 10.4 Å². The lowest BCUT2D eigenvalue weighted by Gasteiger charge is -2.05. The quantitative estimate of drug-likeness (QED) is 0.836. The Labute approximate surface area is 95.9 Å². The van der Waals surface area contributed by atoms with Crippen LogP contribution in [0.3, 0.4) is 0 Å². The van der Waals surface area contributed by atoms with Gasteiger partial charge in [0.2, 0.25) is 0 Å². The van der Waals surface area contributed by atoms with Crippen molar-refractivity contribution in [2.24, 2.45) is 7.05 Å². The van der Waals surface area contributed by atoms with Gasteiger partial charge in [-0.05, 0) is 17.7 Å². The summed E-state index contributed by atoms with van der Waals surface area (Å²) in [7, 11) is 1.75. The van der Waals surface area contributed by atoms with Gasteiger partial charge in [-0.15, -0.1) is 0 Å². The summed E-state index contributed by atoms with van der Waals surface area (Å²) in [6.45, 7) is 0.194. The third kappa shape index (κ3) is 2.58. The van der Waals surface area contributed by atoms with Gasteiger partial charge in [-0.25, -0.2) is 13.2 Å². The Morgan fingerprint density at radius 3 is 2.41 bits per heavy atom. The molecular formula is C11H10F3N3. The number of nitrogens with one attached hydrogen (secondary N) is 1. The molecule has 0 radical (unpaired) electrons. The van der Waals surface area contributed by atoms with Crippen molar-refractivity contribution in [3.8, 4) is 0 Å². The van der Waals surface area contributed by atoms with Gasteiger partial charge in [0, 0.05) is 19.8 Å². The van der Waals surface area contributed by atoms with E-state index in [1.165, 1.54) is 0 Å². The molecule has 1 heterocycles. The number of hydrogen-bond donors (Lipinski definition) is 1. The van der Waals surface area contributed by atoms with Gasteiger partial charge in [-0.1, -0.05) is 0 Å². The van der Waals surface area contributed by atoms with E-state index in [0.29, 0.717) is 5.56 Å². The Morgan fingerprint density at radius 2 is 1.88 bits per heavy atom. The number of halogens is 3. The summed E-state index contributed by atoms with van der Waals surface area (Å²) in [5.74, 6) is -3.82. The average molecular weight is 241 g/mol. The molecule has 0 fully saturated rings. The number of hydrogen-bond acceptors (Lipinski definition) is 2. The summed E-state index contributed by atoms with van der Waals surface area (Å²) >= 11 is 0. The van der Waals surface area contributed by atoms with E-state index < -0.39 is 17.5 Å². The summed E-state index contributed by atoms with van der Waals surface area (Å²) < 4.78 is 40.1. The summed E-state index contributed by atoms with van der Waals surface area (Å²) in [6.07, 6.45) is 3.30. The van der Waals surface area contributed by atoms with Crippen molar-refractivity contribution in [1.29, 1.82) is 0 Å². The van der Waals surface area contributed by atoms with Crippen molar-refractivity contribution < 1.29 is 13.2 Å². The standard InChI is InChI=1S/C11H10F3N3/c1-17-6-8(5-16-17)15-4-7-2-9(12)11(14)10(13)3-7/h2-3,5-6,15H,4H2,1H3. The summed E-state index contributed by atoms with van der Waals surface area (Å²) in [6, 6.07) is 1.92. The molecular weight excluding hydrogens is 231 g/mol. The molecule has 2 aromatic rings. The van der Waals surface area contributed by atoms with E-state index in [-0.39, 0.29) is 6.54 Å². The summed E-state index contributed by atoms with van der Waals surface area (Å²) in [5.41, 5.74) is 1.04. The van der Waals surface area contributed by atoms with Gasteiger partial charge in [0.25, 0.3) is 0 Å². The number of nitrogens with zero attached hydrogens (tertiary/aromatic N) is 2. The second-order valence-corrected chi connectivity index (χ2v) is 3.63. The Morgan fingerprint density at radius 1 is 1.24 bits per heavy atom. The Bertz CT molecular complexity index is 514. The summed E-state index contributed by atoms with van der Waals surface area (Å²) in [4.78, 5) is 0. The van der Waals surface area contributed by atoms with E-state index in [0.717, 1.165) is 17.8 Å². The molecule has 0 aliphatic carbocycles. The molecule has 0 bridgehead atoms. The van der Waals surface area contributed by atoms with Gasteiger partial charge >= 0.3 is 0 Å². The number of aromatic nitrogens is 2. The van der Waals surface area contributed by atoms with Crippen LogP contribution in [0.5, 0.6) is 0 Å². The first-order chi connectivity index (χ1) is 8.06. The molecule has 0 spiro atoms. The minimum absolute atomic E-state index is 0.194. The molecule has 0 saturated carbocycles. The lowest BCUT2D eigenvalue weighted by Crippen LogP contribution is -2.01. The second-order valence-electron chi connectivity index (χ2n) is 3.63. The zero-order chi connectivity index (χ0) is 12.4. The highest BCUT2D eigenvalue weighted by molar-refractivity contribution is 5.39. The van der Waals surface area contributed by atoms with Crippen molar-refractivity contribution in [1.82, 2.24) is 9.78 Å². The maximum atomic E-state index is 12.9. The fourth-order valence-corrected chi connectivity index (χ4v) is 1.43. The van der Waals surface area contributed by atoms with Crippen LogP contribution in [0, 0.1) is 17.5 Å². The summed E-state index contributed by atoms with van der Waals surface area (Å²) in [5, 5.41) is 6.84. The minimum Gasteiger partial charge on any atom is -0.378 e. The first-order valence-electron chi connectivity index (χ1n) is 4.92. The van der Waals surface area contributed by atoms with Gasteiger partial charge < -0.3 is 5.32 Å². The van der Waals surface area contributed by atoms with Gasteiger partial charge in [-0.3, -0.25) is 4.68 Å². The van der Waals surface area contributed by atoms with Crippen molar-refractivity contribution in [3.63, 3.8) is 0 Å². The highest BCUT2D eigenvalue weighted by Gasteiger charge is 2.10. The molecule has 1 aromatic heterocycles. The lowest BCUT2D eigenvalue weighted by molar-refractivity contribution is 0.445. The van der Waals surface area contributed by atoms with Crippen LogP contribution in [0.25, 0.3) is 0 Å². The molecule has 17 heavy (non-hydrogen) atoms. The first kappa shape index (κ1) is 11.5. The van der Waals surface area contributed by atoms with Crippen LogP contribution < -0.4 is 5.32 Å². The third-order valence-electron chi connectivity index (χ3n) is 2.25. The van der Waals surface area contributed by atoms with Crippen LogP contribution in [-0.2, 0) is 13.6 Å². The number of anilines is 1. The smallest absolute Gasteiger partial charge is 0.194 e. The van der Waals surface area contributed by atoms with Crippen LogP contribution in [0.2, 0.25) is 0 Å². The maximum absolute atomic E-state index is 12.9. The predicted molar refractivity (Wildman–Crippen MR) is 56.9 cm³/mol. The second kappa shape index (κ2) is 4.48. The van der Waals surface area contributed by atoms with Crippen LogP contribution in [0.15, 0.2) is 24.5 Å². The van der Waals surface area contributed by atoms with Crippen molar-refractivity contribution in [2.75, 3.05) is 5.32 Å². The fourth-order valence-electron chi connectivity index (χ4n) is 1.43. The van der Waals surface area contributed by atoms with Crippen LogP contribution in [-0.4, -0.2) is 9.78 Å². The zero-order valence-corrected chi connectivity index (χ0v) is 9.04. The largest absolute Gasteiger partial charge is 0.378 e. The van der Waals surface area contributed by atoms with Crippen LogP contribution >= 0.6 is 0 Å².